The number of quaternary nitrogens is 1. The third kappa shape index (κ3) is 6.76. The molecule has 0 saturated heterocycles. The maximum Gasteiger partial charge on any atom is 0.275 e. The molecule has 1 amide bonds. The van der Waals surface area contributed by atoms with Crippen molar-refractivity contribution in [2.45, 2.75) is 17.9 Å². The van der Waals surface area contributed by atoms with Crippen LogP contribution in [0.4, 0.5) is 0 Å². The molecule has 0 aliphatic rings. The number of benzene rings is 2. The van der Waals surface area contributed by atoms with Gasteiger partial charge in [0, 0.05) is 17.1 Å². The van der Waals surface area contributed by atoms with Crippen molar-refractivity contribution in [1.82, 2.24) is 5.32 Å². The quantitative estimate of drug-likeness (QED) is 0.601. The molecule has 0 heterocycles. The zero-order valence-electron chi connectivity index (χ0n) is 14.5. The van der Waals surface area contributed by atoms with Gasteiger partial charge in [0.15, 0.2) is 6.54 Å². The first kappa shape index (κ1) is 20.4. The standard InChI is InChI=1S/C18H22ClN3O3S/c1-22(12-15-2-6-16(19)7-3-15)13-18(23)21-11-10-14-4-8-17(9-5-14)26(20,24)25/h2-9H,10-13H2,1H3,(H,21,23)(H2,20,24,25)/p+1. The van der Waals surface area contributed by atoms with Gasteiger partial charge < -0.3 is 10.2 Å². The number of nitrogens with two attached hydrogens (primary N) is 1. The van der Waals surface area contributed by atoms with Crippen molar-refractivity contribution >= 4 is 27.5 Å². The zero-order valence-corrected chi connectivity index (χ0v) is 16.1. The molecule has 8 heteroatoms. The lowest BCUT2D eigenvalue weighted by molar-refractivity contribution is -0.885. The Balaban J connectivity index is 1.73. The van der Waals surface area contributed by atoms with Crippen molar-refractivity contribution < 1.29 is 18.1 Å². The summed E-state index contributed by atoms with van der Waals surface area (Å²) < 4.78 is 22.4. The Bertz CT molecular complexity index is 837. The lowest BCUT2D eigenvalue weighted by Crippen LogP contribution is -3.08. The summed E-state index contributed by atoms with van der Waals surface area (Å²) in [5, 5.41) is 8.64. The Hall–Kier alpha value is -1.93. The first-order valence-corrected chi connectivity index (χ1v) is 10.1. The van der Waals surface area contributed by atoms with Gasteiger partial charge in [-0.2, -0.15) is 0 Å². The van der Waals surface area contributed by atoms with Gasteiger partial charge >= 0.3 is 0 Å². The summed E-state index contributed by atoms with van der Waals surface area (Å²) in [5.74, 6) is -0.0300. The second kappa shape index (κ2) is 9.14. The number of carbonyl (C=O) groups excluding carboxylic acids is 1. The maximum atomic E-state index is 12.0. The van der Waals surface area contributed by atoms with Gasteiger partial charge in [-0.1, -0.05) is 35.9 Å². The molecule has 26 heavy (non-hydrogen) atoms. The van der Waals surface area contributed by atoms with Crippen LogP contribution in [0, 0.1) is 0 Å². The number of halogens is 1. The van der Waals surface area contributed by atoms with Crippen molar-refractivity contribution in [2.75, 3.05) is 20.1 Å². The predicted molar refractivity (Wildman–Crippen MR) is 101 cm³/mol. The summed E-state index contributed by atoms with van der Waals surface area (Å²) in [6.07, 6.45) is 0.618. The molecular formula is C18H23ClN3O3S+. The van der Waals surface area contributed by atoms with Crippen LogP contribution >= 0.6 is 11.6 Å². The summed E-state index contributed by atoms with van der Waals surface area (Å²) in [6.45, 7) is 1.59. The monoisotopic (exact) mass is 396 g/mol. The van der Waals surface area contributed by atoms with Crippen LogP contribution in [0.3, 0.4) is 0 Å². The van der Waals surface area contributed by atoms with Gasteiger partial charge in [-0.25, -0.2) is 13.6 Å². The Labute approximate surface area is 159 Å². The fraction of sp³-hybridized carbons (Fsp3) is 0.278. The summed E-state index contributed by atoms with van der Waals surface area (Å²) in [6, 6.07) is 13.9. The minimum atomic E-state index is -3.68. The highest BCUT2D eigenvalue weighted by molar-refractivity contribution is 7.89. The molecule has 1 atom stereocenters. The smallest absolute Gasteiger partial charge is 0.275 e. The van der Waals surface area contributed by atoms with Crippen LogP contribution in [-0.2, 0) is 27.8 Å². The number of likely N-dealkylation sites (N-methyl/N-ethyl adjacent to an activating group) is 1. The number of nitrogens with one attached hydrogen (secondary N) is 2. The van der Waals surface area contributed by atoms with Crippen molar-refractivity contribution in [3.05, 3.63) is 64.7 Å². The molecule has 0 spiro atoms. The Kier molecular flexibility index (Phi) is 7.16. The van der Waals surface area contributed by atoms with Crippen molar-refractivity contribution in [1.29, 1.82) is 0 Å². The van der Waals surface area contributed by atoms with Gasteiger partial charge in [-0.15, -0.1) is 0 Å². The van der Waals surface area contributed by atoms with E-state index in [1.807, 2.05) is 31.3 Å². The minimum Gasteiger partial charge on any atom is -0.351 e. The number of carbonyl (C=O) groups is 1. The molecule has 6 nitrogen and oxygen atoms in total. The van der Waals surface area contributed by atoms with Crippen LogP contribution in [0.5, 0.6) is 0 Å². The van der Waals surface area contributed by atoms with E-state index < -0.39 is 10.0 Å². The largest absolute Gasteiger partial charge is 0.351 e. The molecule has 0 fully saturated rings. The first-order valence-electron chi connectivity index (χ1n) is 8.18. The zero-order chi connectivity index (χ0) is 19.2. The topological polar surface area (TPSA) is 93.7 Å². The molecule has 2 aromatic carbocycles. The average molecular weight is 397 g/mol. The van der Waals surface area contributed by atoms with E-state index in [9.17, 15) is 13.2 Å². The van der Waals surface area contributed by atoms with Gasteiger partial charge in [0.2, 0.25) is 10.0 Å². The number of hydrogen-bond acceptors (Lipinski definition) is 3. The van der Waals surface area contributed by atoms with Crippen molar-refractivity contribution in [3.63, 3.8) is 0 Å². The highest BCUT2D eigenvalue weighted by Gasteiger charge is 2.11. The molecular weight excluding hydrogens is 374 g/mol. The van der Waals surface area contributed by atoms with E-state index in [-0.39, 0.29) is 10.8 Å². The third-order valence-electron chi connectivity index (χ3n) is 3.87. The van der Waals surface area contributed by atoms with E-state index in [0.29, 0.717) is 24.5 Å². The van der Waals surface area contributed by atoms with E-state index in [0.717, 1.165) is 22.6 Å². The van der Waals surface area contributed by atoms with E-state index >= 15 is 0 Å². The number of rotatable bonds is 8. The molecule has 0 aliphatic carbocycles. The molecule has 140 valence electrons. The van der Waals surface area contributed by atoms with Crippen molar-refractivity contribution in [2.24, 2.45) is 5.14 Å². The first-order chi connectivity index (χ1) is 12.2. The second-order valence-corrected chi connectivity index (χ2v) is 8.22. The SMILES string of the molecule is C[NH+](CC(=O)NCCc1ccc(S(N)(=O)=O)cc1)Cc1ccc(Cl)cc1. The van der Waals surface area contributed by atoms with Crippen LogP contribution < -0.4 is 15.4 Å². The van der Waals surface area contributed by atoms with Gasteiger partial charge in [0.05, 0.1) is 11.9 Å². The Morgan fingerprint density at radius 1 is 1.08 bits per heavy atom. The molecule has 0 aromatic heterocycles. The minimum absolute atomic E-state index is 0.0300. The van der Waals surface area contributed by atoms with Crippen LogP contribution in [-0.4, -0.2) is 34.5 Å². The van der Waals surface area contributed by atoms with Crippen LogP contribution in [0.2, 0.25) is 5.02 Å². The number of sulfonamides is 1. The maximum absolute atomic E-state index is 12.0. The lowest BCUT2D eigenvalue weighted by Gasteiger charge is -2.14. The average Bonchev–Trinajstić information content (AvgIpc) is 2.56. The normalized spacial score (nSPS) is 12.6. The molecule has 0 saturated carbocycles. The summed E-state index contributed by atoms with van der Waals surface area (Å²) in [4.78, 5) is 13.2. The fourth-order valence-corrected chi connectivity index (χ4v) is 3.18. The van der Waals surface area contributed by atoms with E-state index in [2.05, 4.69) is 5.32 Å². The summed E-state index contributed by atoms with van der Waals surface area (Å²) in [5.41, 5.74) is 2.05. The predicted octanol–water partition coefficient (Wildman–Crippen LogP) is 0.361. The van der Waals surface area contributed by atoms with Gasteiger partial charge in [0.1, 0.15) is 6.54 Å². The molecule has 2 rings (SSSR count). The molecule has 0 radical (unpaired) electrons. The highest BCUT2D eigenvalue weighted by atomic mass is 35.5. The molecule has 2 aromatic rings. The van der Waals surface area contributed by atoms with Crippen LogP contribution in [0.25, 0.3) is 0 Å². The Morgan fingerprint density at radius 3 is 2.23 bits per heavy atom. The number of amides is 1. The van der Waals surface area contributed by atoms with Gasteiger partial charge in [-0.05, 0) is 36.2 Å². The third-order valence-corrected chi connectivity index (χ3v) is 5.05. The molecule has 0 bridgehead atoms. The molecule has 1 unspecified atom stereocenters. The van der Waals surface area contributed by atoms with E-state index in [4.69, 9.17) is 16.7 Å². The van der Waals surface area contributed by atoms with Gasteiger partial charge in [0.25, 0.3) is 5.91 Å². The molecule has 0 aliphatic heterocycles. The van der Waals surface area contributed by atoms with Crippen LogP contribution in [0.1, 0.15) is 11.1 Å². The van der Waals surface area contributed by atoms with E-state index in [1.54, 1.807) is 12.1 Å². The number of primary sulfonamides is 1. The summed E-state index contributed by atoms with van der Waals surface area (Å²) >= 11 is 5.86. The summed E-state index contributed by atoms with van der Waals surface area (Å²) in [7, 11) is -1.72. The van der Waals surface area contributed by atoms with E-state index in [1.165, 1.54) is 12.1 Å². The highest BCUT2D eigenvalue weighted by Crippen LogP contribution is 2.09. The molecule has 4 N–H and O–H groups in total. The van der Waals surface area contributed by atoms with Crippen LogP contribution in [0.15, 0.2) is 53.4 Å². The second-order valence-electron chi connectivity index (χ2n) is 6.23. The fourth-order valence-electron chi connectivity index (χ4n) is 2.54. The van der Waals surface area contributed by atoms with Gasteiger partial charge in [-0.3, -0.25) is 4.79 Å². The lowest BCUT2D eigenvalue weighted by atomic mass is 10.1. The number of hydrogen-bond donors (Lipinski definition) is 3. The Morgan fingerprint density at radius 2 is 1.65 bits per heavy atom. The van der Waals surface area contributed by atoms with Crippen molar-refractivity contribution in [3.8, 4) is 0 Å².